The summed E-state index contributed by atoms with van der Waals surface area (Å²) in [6.45, 7) is 1.72. The van der Waals surface area contributed by atoms with Crippen LogP contribution in [0.5, 0.6) is 11.5 Å². The van der Waals surface area contributed by atoms with Gasteiger partial charge in [-0.25, -0.2) is 4.79 Å². The second-order valence-corrected chi connectivity index (χ2v) is 3.57. The third-order valence-corrected chi connectivity index (χ3v) is 2.70. The van der Waals surface area contributed by atoms with Crippen LogP contribution in [0.25, 0.3) is 0 Å². The van der Waals surface area contributed by atoms with Gasteiger partial charge < -0.3 is 14.9 Å². The van der Waals surface area contributed by atoms with Crippen LogP contribution in [0.15, 0.2) is 10.5 Å². The number of methoxy groups -OCH3 is 1. The second kappa shape index (κ2) is 3.88. The van der Waals surface area contributed by atoms with Gasteiger partial charge in [0.1, 0.15) is 5.56 Å². The first-order valence-electron chi connectivity index (χ1n) is 3.78. The van der Waals surface area contributed by atoms with Crippen molar-refractivity contribution in [2.24, 2.45) is 0 Å². The molecule has 1 aromatic carbocycles. The summed E-state index contributed by atoms with van der Waals surface area (Å²) >= 11 is 3.19. The van der Waals surface area contributed by atoms with Crippen molar-refractivity contribution >= 4 is 21.9 Å². The fourth-order valence-corrected chi connectivity index (χ4v) is 1.53. The van der Waals surface area contributed by atoms with Crippen molar-refractivity contribution in [3.63, 3.8) is 0 Å². The lowest BCUT2D eigenvalue weighted by Crippen LogP contribution is -2.00. The van der Waals surface area contributed by atoms with Gasteiger partial charge in [0, 0.05) is 10.0 Å². The summed E-state index contributed by atoms with van der Waals surface area (Å²) in [6.07, 6.45) is 0. The Bertz CT molecular complexity index is 387. The zero-order chi connectivity index (χ0) is 10.9. The quantitative estimate of drug-likeness (QED) is 0.856. The average Bonchev–Trinajstić information content (AvgIpc) is 2.12. The fourth-order valence-electron chi connectivity index (χ4n) is 1.12. The van der Waals surface area contributed by atoms with E-state index in [1.54, 1.807) is 6.92 Å². The van der Waals surface area contributed by atoms with Gasteiger partial charge in [-0.05, 0) is 13.0 Å². The summed E-state index contributed by atoms with van der Waals surface area (Å²) in [7, 11) is 1.38. The van der Waals surface area contributed by atoms with Gasteiger partial charge in [0.2, 0.25) is 0 Å². The number of hydrogen-bond donors (Lipinski definition) is 2. The van der Waals surface area contributed by atoms with E-state index in [2.05, 4.69) is 15.9 Å². The molecule has 0 fully saturated rings. The number of carbonyl (C=O) groups is 1. The summed E-state index contributed by atoms with van der Waals surface area (Å²) < 4.78 is 5.49. The van der Waals surface area contributed by atoms with E-state index in [0.29, 0.717) is 10.0 Å². The van der Waals surface area contributed by atoms with Crippen LogP contribution in [0.3, 0.4) is 0 Å². The molecule has 0 bridgehead atoms. The van der Waals surface area contributed by atoms with Crippen molar-refractivity contribution in [3.05, 3.63) is 21.7 Å². The van der Waals surface area contributed by atoms with Crippen LogP contribution < -0.4 is 4.74 Å². The SMILES string of the molecule is COc1c(C)c(Br)cc(C(=O)O)c1O. The third-order valence-electron chi connectivity index (χ3n) is 1.87. The Labute approximate surface area is 89.3 Å². The maximum Gasteiger partial charge on any atom is 0.339 e. The average molecular weight is 261 g/mol. The number of carboxylic acids is 1. The summed E-state index contributed by atoms with van der Waals surface area (Å²) in [5.74, 6) is -1.36. The van der Waals surface area contributed by atoms with Crippen LogP contribution in [-0.4, -0.2) is 23.3 Å². The number of halogens is 1. The second-order valence-electron chi connectivity index (χ2n) is 2.72. The van der Waals surface area contributed by atoms with Crippen molar-refractivity contribution in [2.45, 2.75) is 6.92 Å². The topological polar surface area (TPSA) is 66.8 Å². The first kappa shape index (κ1) is 10.8. The van der Waals surface area contributed by atoms with Gasteiger partial charge in [-0.1, -0.05) is 15.9 Å². The third kappa shape index (κ3) is 1.68. The van der Waals surface area contributed by atoms with E-state index in [1.807, 2.05) is 0 Å². The predicted molar refractivity (Wildman–Crippen MR) is 54.1 cm³/mol. The molecular formula is C9H9BrO4. The summed E-state index contributed by atoms with van der Waals surface area (Å²) in [4.78, 5) is 10.7. The number of aromatic hydroxyl groups is 1. The maximum atomic E-state index is 10.7. The highest BCUT2D eigenvalue weighted by atomic mass is 79.9. The zero-order valence-electron chi connectivity index (χ0n) is 7.67. The number of carboxylic acid groups (broad SMARTS) is 1. The minimum atomic E-state index is -1.19. The van der Waals surface area contributed by atoms with E-state index in [-0.39, 0.29) is 17.1 Å². The van der Waals surface area contributed by atoms with Crippen LogP contribution in [0.1, 0.15) is 15.9 Å². The summed E-state index contributed by atoms with van der Waals surface area (Å²) in [5.41, 5.74) is 0.481. The molecule has 0 aliphatic carbocycles. The Hall–Kier alpha value is -1.23. The van der Waals surface area contributed by atoms with Crippen LogP contribution in [0.4, 0.5) is 0 Å². The van der Waals surface area contributed by atoms with E-state index in [9.17, 15) is 9.90 Å². The van der Waals surface area contributed by atoms with Crippen LogP contribution in [0.2, 0.25) is 0 Å². The Morgan fingerprint density at radius 3 is 2.57 bits per heavy atom. The molecule has 0 atom stereocenters. The lowest BCUT2D eigenvalue weighted by molar-refractivity contribution is 0.0693. The molecule has 0 heterocycles. The first-order chi connectivity index (χ1) is 6.49. The van der Waals surface area contributed by atoms with E-state index in [0.717, 1.165) is 0 Å². The predicted octanol–water partition coefficient (Wildman–Crippen LogP) is 2.17. The van der Waals surface area contributed by atoms with E-state index >= 15 is 0 Å². The molecule has 5 heteroatoms. The largest absolute Gasteiger partial charge is 0.504 e. The highest BCUT2D eigenvalue weighted by Gasteiger charge is 2.18. The molecular weight excluding hydrogens is 252 g/mol. The minimum Gasteiger partial charge on any atom is -0.504 e. The maximum absolute atomic E-state index is 10.7. The van der Waals surface area contributed by atoms with E-state index < -0.39 is 5.97 Å². The first-order valence-corrected chi connectivity index (χ1v) is 4.57. The number of rotatable bonds is 2. The molecule has 0 unspecified atom stereocenters. The Balaban J connectivity index is 3.50. The molecule has 4 nitrogen and oxygen atoms in total. The van der Waals surface area contributed by atoms with Crippen LogP contribution in [0, 0.1) is 6.92 Å². The van der Waals surface area contributed by atoms with E-state index in [1.165, 1.54) is 13.2 Å². The van der Waals surface area contributed by atoms with Crippen LogP contribution in [-0.2, 0) is 0 Å². The molecule has 0 aliphatic heterocycles. The number of aromatic carboxylic acids is 1. The number of benzene rings is 1. The number of ether oxygens (including phenoxy) is 1. The molecule has 0 amide bonds. The zero-order valence-corrected chi connectivity index (χ0v) is 9.25. The van der Waals surface area contributed by atoms with Crippen molar-refractivity contribution in [1.29, 1.82) is 0 Å². The number of hydrogen-bond acceptors (Lipinski definition) is 3. The molecule has 0 aromatic heterocycles. The molecule has 76 valence electrons. The lowest BCUT2D eigenvalue weighted by Gasteiger charge is -2.10. The van der Waals surface area contributed by atoms with Crippen molar-refractivity contribution in [1.82, 2.24) is 0 Å². The van der Waals surface area contributed by atoms with Crippen LogP contribution >= 0.6 is 15.9 Å². The molecule has 2 N–H and O–H groups in total. The Morgan fingerprint density at radius 1 is 1.57 bits per heavy atom. The Kier molecular flexibility index (Phi) is 3.00. The monoisotopic (exact) mass is 260 g/mol. The van der Waals surface area contributed by atoms with Gasteiger partial charge in [-0.2, -0.15) is 0 Å². The molecule has 0 spiro atoms. The molecule has 0 saturated carbocycles. The molecule has 0 aliphatic rings. The number of phenols is 1. The van der Waals surface area contributed by atoms with Gasteiger partial charge in [0.15, 0.2) is 11.5 Å². The van der Waals surface area contributed by atoms with Crippen molar-refractivity contribution in [3.8, 4) is 11.5 Å². The van der Waals surface area contributed by atoms with Crippen molar-refractivity contribution < 1.29 is 19.7 Å². The highest BCUT2D eigenvalue weighted by Crippen LogP contribution is 2.37. The normalized spacial score (nSPS) is 9.93. The molecule has 0 saturated heterocycles. The molecule has 1 aromatic rings. The standard InChI is InChI=1S/C9H9BrO4/c1-4-6(10)3-5(9(12)13)7(11)8(4)14-2/h3,11H,1-2H3,(H,12,13). The Morgan fingerprint density at radius 2 is 2.14 bits per heavy atom. The van der Waals surface area contributed by atoms with Gasteiger partial charge in [0.25, 0.3) is 0 Å². The molecule has 1 rings (SSSR count). The molecule has 0 radical (unpaired) electrons. The van der Waals surface area contributed by atoms with Gasteiger partial charge in [0.05, 0.1) is 7.11 Å². The minimum absolute atomic E-state index is 0.178. The van der Waals surface area contributed by atoms with Crippen molar-refractivity contribution in [2.75, 3.05) is 7.11 Å². The lowest BCUT2D eigenvalue weighted by atomic mass is 10.1. The van der Waals surface area contributed by atoms with Gasteiger partial charge >= 0.3 is 5.97 Å². The van der Waals surface area contributed by atoms with Gasteiger partial charge in [-0.3, -0.25) is 0 Å². The smallest absolute Gasteiger partial charge is 0.339 e. The summed E-state index contributed by atoms with van der Waals surface area (Å²) in [5, 5.41) is 18.3. The van der Waals surface area contributed by atoms with Gasteiger partial charge in [-0.15, -0.1) is 0 Å². The summed E-state index contributed by atoms with van der Waals surface area (Å²) in [6, 6.07) is 1.34. The highest BCUT2D eigenvalue weighted by molar-refractivity contribution is 9.10. The van der Waals surface area contributed by atoms with E-state index in [4.69, 9.17) is 9.84 Å². The molecule has 14 heavy (non-hydrogen) atoms. The fraction of sp³-hybridized carbons (Fsp3) is 0.222.